The number of nitrogens with one attached hydrogen (secondary N) is 1. The standard InChI is InChI=1S/C14H19ClN2O/c1-11(2)18-8-4-3-7-17-14-9-13(15)6-5-12(14)10-16/h5-6,9,11,17H,3-4,7-8H2,1-2H3. The average Bonchev–Trinajstić information content (AvgIpc) is 2.33. The molecule has 0 saturated heterocycles. The van der Waals surface area contributed by atoms with Crippen LogP contribution in [0.1, 0.15) is 32.3 Å². The third kappa shape index (κ3) is 5.39. The average molecular weight is 267 g/mol. The van der Waals surface area contributed by atoms with E-state index in [-0.39, 0.29) is 6.10 Å². The van der Waals surface area contributed by atoms with E-state index in [1.54, 1.807) is 18.2 Å². The highest BCUT2D eigenvalue weighted by Gasteiger charge is 2.02. The zero-order valence-electron chi connectivity index (χ0n) is 10.9. The van der Waals surface area contributed by atoms with Gasteiger partial charge in [-0.15, -0.1) is 0 Å². The van der Waals surface area contributed by atoms with Crippen molar-refractivity contribution in [3.63, 3.8) is 0 Å². The first kappa shape index (κ1) is 14.8. The Morgan fingerprint density at radius 3 is 2.83 bits per heavy atom. The molecular weight excluding hydrogens is 248 g/mol. The van der Waals surface area contributed by atoms with E-state index in [1.165, 1.54) is 0 Å². The summed E-state index contributed by atoms with van der Waals surface area (Å²) in [7, 11) is 0. The van der Waals surface area contributed by atoms with Crippen molar-refractivity contribution in [3.05, 3.63) is 28.8 Å². The zero-order valence-corrected chi connectivity index (χ0v) is 11.6. The van der Waals surface area contributed by atoms with Gasteiger partial charge in [0.05, 0.1) is 17.4 Å². The van der Waals surface area contributed by atoms with Crippen LogP contribution in [0.15, 0.2) is 18.2 Å². The van der Waals surface area contributed by atoms with Gasteiger partial charge in [-0.2, -0.15) is 5.26 Å². The van der Waals surface area contributed by atoms with Crippen molar-refractivity contribution in [2.75, 3.05) is 18.5 Å². The van der Waals surface area contributed by atoms with Crippen molar-refractivity contribution in [2.45, 2.75) is 32.8 Å². The van der Waals surface area contributed by atoms with E-state index in [0.29, 0.717) is 10.6 Å². The molecular formula is C14H19ClN2O. The van der Waals surface area contributed by atoms with E-state index in [4.69, 9.17) is 21.6 Å². The second kappa shape index (κ2) is 7.97. The quantitative estimate of drug-likeness (QED) is 0.763. The van der Waals surface area contributed by atoms with E-state index in [1.807, 2.05) is 13.8 Å². The Bertz CT molecular complexity index is 413. The number of unbranched alkanes of at least 4 members (excludes halogenated alkanes) is 1. The highest BCUT2D eigenvalue weighted by Crippen LogP contribution is 2.20. The van der Waals surface area contributed by atoms with Crippen LogP contribution >= 0.6 is 11.6 Å². The van der Waals surface area contributed by atoms with E-state index in [0.717, 1.165) is 31.7 Å². The molecule has 18 heavy (non-hydrogen) atoms. The summed E-state index contributed by atoms with van der Waals surface area (Å²) in [6.07, 6.45) is 2.30. The van der Waals surface area contributed by atoms with Crippen LogP contribution in [0.5, 0.6) is 0 Å². The zero-order chi connectivity index (χ0) is 13.4. The highest BCUT2D eigenvalue weighted by atomic mass is 35.5. The molecule has 1 rings (SSSR count). The van der Waals surface area contributed by atoms with Crippen molar-refractivity contribution in [1.82, 2.24) is 0 Å². The lowest BCUT2D eigenvalue weighted by Crippen LogP contribution is -2.07. The third-order valence-corrected chi connectivity index (χ3v) is 2.67. The van der Waals surface area contributed by atoms with Crippen molar-refractivity contribution in [1.29, 1.82) is 5.26 Å². The molecule has 3 nitrogen and oxygen atoms in total. The predicted octanol–water partition coefficient (Wildman–Crippen LogP) is 3.83. The molecule has 0 aliphatic carbocycles. The highest BCUT2D eigenvalue weighted by molar-refractivity contribution is 6.30. The topological polar surface area (TPSA) is 45.0 Å². The van der Waals surface area contributed by atoms with Gasteiger partial charge in [-0.05, 0) is 44.9 Å². The summed E-state index contributed by atoms with van der Waals surface area (Å²) >= 11 is 5.90. The summed E-state index contributed by atoms with van der Waals surface area (Å²) in [6, 6.07) is 7.38. The molecule has 0 spiro atoms. The van der Waals surface area contributed by atoms with Crippen LogP contribution in [0.25, 0.3) is 0 Å². The molecule has 0 bridgehead atoms. The maximum absolute atomic E-state index is 8.96. The van der Waals surface area contributed by atoms with Gasteiger partial charge in [-0.25, -0.2) is 0 Å². The Balaban J connectivity index is 2.31. The lowest BCUT2D eigenvalue weighted by molar-refractivity contribution is 0.0765. The van der Waals surface area contributed by atoms with Crippen molar-refractivity contribution >= 4 is 17.3 Å². The second-order valence-electron chi connectivity index (χ2n) is 4.36. The molecule has 1 aromatic rings. The van der Waals surface area contributed by atoms with Crippen molar-refractivity contribution in [2.24, 2.45) is 0 Å². The summed E-state index contributed by atoms with van der Waals surface area (Å²) in [5, 5.41) is 12.8. The molecule has 0 aliphatic heterocycles. The van der Waals surface area contributed by atoms with Crippen LogP contribution in [0.2, 0.25) is 5.02 Å². The molecule has 0 fully saturated rings. The van der Waals surface area contributed by atoms with Gasteiger partial charge in [0, 0.05) is 18.2 Å². The Morgan fingerprint density at radius 1 is 1.39 bits per heavy atom. The van der Waals surface area contributed by atoms with Crippen molar-refractivity contribution < 1.29 is 4.74 Å². The molecule has 0 amide bonds. The van der Waals surface area contributed by atoms with E-state index < -0.39 is 0 Å². The minimum Gasteiger partial charge on any atom is -0.384 e. The first-order valence-corrected chi connectivity index (χ1v) is 6.56. The summed E-state index contributed by atoms with van der Waals surface area (Å²) in [5.41, 5.74) is 1.42. The maximum atomic E-state index is 8.96. The second-order valence-corrected chi connectivity index (χ2v) is 4.79. The number of ether oxygens (including phenoxy) is 1. The third-order valence-electron chi connectivity index (χ3n) is 2.44. The minimum absolute atomic E-state index is 0.288. The van der Waals surface area contributed by atoms with Crippen LogP contribution < -0.4 is 5.32 Å². The van der Waals surface area contributed by atoms with Crippen LogP contribution in [-0.2, 0) is 4.74 Å². The summed E-state index contributed by atoms with van der Waals surface area (Å²) < 4.78 is 5.46. The Hall–Kier alpha value is -1.24. The molecule has 0 unspecified atom stereocenters. The molecule has 0 atom stereocenters. The first-order chi connectivity index (χ1) is 8.63. The van der Waals surface area contributed by atoms with Crippen LogP contribution in [0.4, 0.5) is 5.69 Å². The fourth-order valence-corrected chi connectivity index (χ4v) is 1.70. The number of hydrogen-bond acceptors (Lipinski definition) is 3. The van der Waals surface area contributed by atoms with E-state index in [2.05, 4.69) is 11.4 Å². The Kier molecular flexibility index (Phi) is 6.56. The van der Waals surface area contributed by atoms with Gasteiger partial charge in [-0.1, -0.05) is 11.6 Å². The van der Waals surface area contributed by atoms with Gasteiger partial charge in [0.25, 0.3) is 0 Å². The van der Waals surface area contributed by atoms with Crippen LogP contribution in [0.3, 0.4) is 0 Å². The van der Waals surface area contributed by atoms with E-state index >= 15 is 0 Å². The lowest BCUT2D eigenvalue weighted by atomic mass is 10.2. The number of benzene rings is 1. The Morgan fingerprint density at radius 2 is 2.17 bits per heavy atom. The fraction of sp³-hybridized carbons (Fsp3) is 0.500. The molecule has 4 heteroatoms. The van der Waals surface area contributed by atoms with Gasteiger partial charge < -0.3 is 10.1 Å². The van der Waals surface area contributed by atoms with Crippen molar-refractivity contribution in [3.8, 4) is 6.07 Å². The number of anilines is 1. The first-order valence-electron chi connectivity index (χ1n) is 6.18. The van der Waals surface area contributed by atoms with E-state index in [9.17, 15) is 0 Å². The largest absolute Gasteiger partial charge is 0.384 e. The molecule has 0 aromatic heterocycles. The molecule has 0 saturated carbocycles. The molecule has 98 valence electrons. The normalized spacial score (nSPS) is 10.4. The summed E-state index contributed by atoms with van der Waals surface area (Å²) in [4.78, 5) is 0. The molecule has 0 aliphatic rings. The lowest BCUT2D eigenvalue weighted by Gasteiger charge is -2.10. The van der Waals surface area contributed by atoms with Crippen LogP contribution in [0, 0.1) is 11.3 Å². The SMILES string of the molecule is CC(C)OCCCCNc1cc(Cl)ccc1C#N. The van der Waals surface area contributed by atoms with Crippen LogP contribution in [-0.4, -0.2) is 19.3 Å². The molecule has 1 N–H and O–H groups in total. The molecule has 0 radical (unpaired) electrons. The smallest absolute Gasteiger partial charge is 0.101 e. The monoisotopic (exact) mass is 266 g/mol. The summed E-state index contributed by atoms with van der Waals surface area (Å²) in [6.45, 7) is 5.66. The van der Waals surface area contributed by atoms with Gasteiger partial charge in [0.15, 0.2) is 0 Å². The predicted molar refractivity (Wildman–Crippen MR) is 75.0 cm³/mol. The number of rotatable bonds is 7. The number of halogens is 1. The van der Waals surface area contributed by atoms with Gasteiger partial charge >= 0.3 is 0 Å². The fourth-order valence-electron chi connectivity index (χ4n) is 1.53. The minimum atomic E-state index is 0.288. The number of nitriles is 1. The summed E-state index contributed by atoms with van der Waals surface area (Å²) in [5.74, 6) is 0. The number of hydrogen-bond donors (Lipinski definition) is 1. The maximum Gasteiger partial charge on any atom is 0.101 e. The van der Waals surface area contributed by atoms with Gasteiger partial charge in [-0.3, -0.25) is 0 Å². The Labute approximate surface area is 114 Å². The molecule has 0 heterocycles. The van der Waals surface area contributed by atoms with Gasteiger partial charge in [0.1, 0.15) is 6.07 Å². The number of nitrogens with zero attached hydrogens (tertiary/aromatic N) is 1. The molecule has 1 aromatic carbocycles. The van der Waals surface area contributed by atoms with Gasteiger partial charge in [0.2, 0.25) is 0 Å².